The molecule has 110 valence electrons. The van der Waals surface area contributed by atoms with Crippen LogP contribution in [0.25, 0.3) is 0 Å². The molecule has 0 saturated carbocycles. The molecule has 0 bridgehead atoms. The van der Waals surface area contributed by atoms with Crippen LogP contribution in [0.1, 0.15) is 19.8 Å². The van der Waals surface area contributed by atoms with Crippen LogP contribution in [0.3, 0.4) is 0 Å². The highest BCUT2D eigenvalue weighted by atomic mass is 16.5. The molecule has 1 heterocycles. The van der Waals surface area contributed by atoms with Crippen LogP contribution >= 0.6 is 0 Å². The van der Waals surface area contributed by atoms with Crippen molar-refractivity contribution in [3.8, 4) is 0 Å². The standard InChI is InChI=1S/C12H22N2O5/c1-3-14(7-9-5-4-6-19-9)12(17)13-10(8-18-2)11(15)16/h9-10H,3-8H2,1-2H3,(H,13,17)(H,15,16). The molecule has 0 aromatic rings. The van der Waals surface area contributed by atoms with Gasteiger partial charge in [0.25, 0.3) is 0 Å². The van der Waals surface area contributed by atoms with Crippen molar-refractivity contribution < 1.29 is 24.2 Å². The zero-order valence-corrected chi connectivity index (χ0v) is 11.4. The number of rotatable bonds is 7. The molecule has 2 N–H and O–H groups in total. The van der Waals surface area contributed by atoms with Crippen molar-refractivity contribution in [1.29, 1.82) is 0 Å². The van der Waals surface area contributed by atoms with Crippen LogP contribution in [-0.4, -0.2) is 67.6 Å². The number of hydrogen-bond donors (Lipinski definition) is 2. The van der Waals surface area contributed by atoms with Crippen LogP contribution in [-0.2, 0) is 14.3 Å². The second kappa shape index (κ2) is 7.96. The molecule has 2 unspecified atom stereocenters. The maximum absolute atomic E-state index is 12.0. The Kier molecular flexibility index (Phi) is 6.58. The summed E-state index contributed by atoms with van der Waals surface area (Å²) in [6, 6.07) is -1.43. The number of methoxy groups -OCH3 is 1. The second-order valence-electron chi connectivity index (χ2n) is 4.47. The molecule has 7 nitrogen and oxygen atoms in total. The molecule has 0 spiro atoms. The zero-order chi connectivity index (χ0) is 14.3. The van der Waals surface area contributed by atoms with Crippen molar-refractivity contribution in [3.05, 3.63) is 0 Å². The molecule has 1 aliphatic rings. The van der Waals surface area contributed by atoms with E-state index in [9.17, 15) is 9.59 Å². The Balaban J connectivity index is 2.49. The molecule has 0 radical (unpaired) electrons. The van der Waals surface area contributed by atoms with E-state index in [1.165, 1.54) is 7.11 Å². The lowest BCUT2D eigenvalue weighted by atomic mass is 10.2. The molecule has 1 fully saturated rings. The largest absolute Gasteiger partial charge is 0.480 e. The molecule has 0 aliphatic carbocycles. The van der Waals surface area contributed by atoms with Gasteiger partial charge in [-0.1, -0.05) is 0 Å². The Bertz CT molecular complexity index is 304. The maximum atomic E-state index is 12.0. The number of carboxylic acids is 1. The van der Waals surface area contributed by atoms with Gasteiger partial charge >= 0.3 is 12.0 Å². The van der Waals surface area contributed by atoms with Crippen molar-refractivity contribution in [2.75, 3.05) is 33.4 Å². The molecule has 2 atom stereocenters. The molecule has 1 saturated heterocycles. The Hall–Kier alpha value is -1.34. The van der Waals surface area contributed by atoms with Crippen LogP contribution in [0.5, 0.6) is 0 Å². The number of ether oxygens (including phenoxy) is 2. The predicted molar refractivity (Wildman–Crippen MR) is 68.1 cm³/mol. The molecule has 7 heteroatoms. The Morgan fingerprint density at radius 3 is 2.79 bits per heavy atom. The maximum Gasteiger partial charge on any atom is 0.328 e. The number of urea groups is 1. The number of hydrogen-bond acceptors (Lipinski definition) is 4. The van der Waals surface area contributed by atoms with Gasteiger partial charge in [0.2, 0.25) is 0 Å². The number of carbonyl (C=O) groups excluding carboxylic acids is 1. The van der Waals surface area contributed by atoms with Gasteiger partial charge in [-0.25, -0.2) is 9.59 Å². The highest BCUT2D eigenvalue weighted by molar-refractivity contribution is 5.82. The summed E-state index contributed by atoms with van der Waals surface area (Å²) < 4.78 is 10.2. The lowest BCUT2D eigenvalue weighted by Crippen LogP contribution is -2.51. The first-order valence-electron chi connectivity index (χ1n) is 6.47. The van der Waals surface area contributed by atoms with Crippen LogP contribution in [0, 0.1) is 0 Å². The van der Waals surface area contributed by atoms with Crippen LogP contribution in [0.4, 0.5) is 4.79 Å². The number of nitrogens with zero attached hydrogens (tertiary/aromatic N) is 1. The molecule has 1 aliphatic heterocycles. The van der Waals surface area contributed by atoms with Gasteiger partial charge in [0, 0.05) is 26.8 Å². The quantitative estimate of drug-likeness (QED) is 0.697. The van der Waals surface area contributed by atoms with E-state index in [4.69, 9.17) is 14.6 Å². The SMILES string of the molecule is CCN(CC1CCCO1)C(=O)NC(COC)C(=O)O. The fourth-order valence-corrected chi connectivity index (χ4v) is 1.97. The average molecular weight is 274 g/mol. The van der Waals surface area contributed by atoms with E-state index in [-0.39, 0.29) is 12.7 Å². The number of aliphatic carboxylic acids is 1. The van der Waals surface area contributed by atoms with Crippen molar-refractivity contribution >= 4 is 12.0 Å². The molecule has 1 rings (SSSR count). The van der Waals surface area contributed by atoms with E-state index >= 15 is 0 Å². The minimum atomic E-state index is -1.11. The minimum absolute atomic E-state index is 0.0522. The summed E-state index contributed by atoms with van der Waals surface area (Å²) in [4.78, 5) is 24.5. The first-order chi connectivity index (χ1) is 9.08. The summed E-state index contributed by atoms with van der Waals surface area (Å²) in [5.41, 5.74) is 0. The van der Waals surface area contributed by atoms with E-state index in [2.05, 4.69) is 5.32 Å². The van der Waals surface area contributed by atoms with Gasteiger partial charge < -0.3 is 24.8 Å². The van der Waals surface area contributed by atoms with Crippen LogP contribution in [0.2, 0.25) is 0 Å². The third-order valence-corrected chi connectivity index (χ3v) is 3.05. The van der Waals surface area contributed by atoms with Gasteiger partial charge in [0.05, 0.1) is 12.7 Å². The Morgan fingerprint density at radius 1 is 1.58 bits per heavy atom. The summed E-state index contributed by atoms with van der Waals surface area (Å²) in [5, 5.41) is 11.4. The smallest absolute Gasteiger partial charge is 0.328 e. The number of amides is 2. The van der Waals surface area contributed by atoms with Crippen molar-refractivity contribution in [1.82, 2.24) is 10.2 Å². The first-order valence-corrected chi connectivity index (χ1v) is 6.47. The lowest BCUT2D eigenvalue weighted by Gasteiger charge is -2.26. The van der Waals surface area contributed by atoms with Gasteiger partial charge in [-0.15, -0.1) is 0 Å². The van der Waals surface area contributed by atoms with E-state index in [0.29, 0.717) is 13.1 Å². The molecular weight excluding hydrogens is 252 g/mol. The van der Waals surface area contributed by atoms with Crippen molar-refractivity contribution in [2.45, 2.75) is 31.9 Å². The zero-order valence-electron chi connectivity index (χ0n) is 11.4. The van der Waals surface area contributed by atoms with Gasteiger partial charge in [-0.05, 0) is 19.8 Å². The first kappa shape index (κ1) is 15.7. The van der Waals surface area contributed by atoms with Crippen molar-refractivity contribution in [3.63, 3.8) is 0 Å². The molecular formula is C12H22N2O5. The number of nitrogens with one attached hydrogen (secondary N) is 1. The molecule has 19 heavy (non-hydrogen) atoms. The third kappa shape index (κ3) is 5.04. The lowest BCUT2D eigenvalue weighted by molar-refractivity contribution is -0.140. The number of carbonyl (C=O) groups is 2. The summed E-state index contributed by atoms with van der Waals surface area (Å²) >= 11 is 0. The number of carboxylic acid groups (broad SMARTS) is 1. The van der Waals surface area contributed by atoms with E-state index in [1.54, 1.807) is 4.90 Å². The number of likely N-dealkylation sites (N-methyl/N-ethyl adjacent to an activating group) is 1. The average Bonchev–Trinajstić information content (AvgIpc) is 2.87. The van der Waals surface area contributed by atoms with E-state index in [0.717, 1.165) is 19.4 Å². The van der Waals surface area contributed by atoms with Gasteiger partial charge in [0.1, 0.15) is 0 Å². The normalized spacial score (nSPS) is 20.0. The van der Waals surface area contributed by atoms with Crippen molar-refractivity contribution in [2.24, 2.45) is 0 Å². The summed E-state index contributed by atoms with van der Waals surface area (Å²) in [6.45, 7) is 3.51. The molecule has 0 aromatic carbocycles. The second-order valence-corrected chi connectivity index (χ2v) is 4.47. The summed E-state index contributed by atoms with van der Waals surface area (Å²) in [6.07, 6.45) is 1.99. The summed E-state index contributed by atoms with van der Waals surface area (Å²) in [5.74, 6) is -1.11. The van der Waals surface area contributed by atoms with E-state index < -0.39 is 18.0 Å². The minimum Gasteiger partial charge on any atom is -0.480 e. The summed E-state index contributed by atoms with van der Waals surface area (Å²) in [7, 11) is 1.39. The van der Waals surface area contributed by atoms with Crippen LogP contribution in [0.15, 0.2) is 0 Å². The molecule has 2 amide bonds. The fraction of sp³-hybridized carbons (Fsp3) is 0.833. The van der Waals surface area contributed by atoms with Gasteiger partial charge in [-0.3, -0.25) is 0 Å². The highest BCUT2D eigenvalue weighted by Gasteiger charge is 2.25. The third-order valence-electron chi connectivity index (χ3n) is 3.05. The topological polar surface area (TPSA) is 88.1 Å². The Morgan fingerprint density at radius 2 is 2.32 bits per heavy atom. The van der Waals surface area contributed by atoms with Gasteiger partial charge in [0.15, 0.2) is 6.04 Å². The fourth-order valence-electron chi connectivity index (χ4n) is 1.97. The monoisotopic (exact) mass is 274 g/mol. The van der Waals surface area contributed by atoms with E-state index in [1.807, 2.05) is 6.92 Å². The molecule has 0 aromatic heterocycles. The highest BCUT2D eigenvalue weighted by Crippen LogP contribution is 2.13. The Labute approximate surface area is 112 Å². The van der Waals surface area contributed by atoms with Gasteiger partial charge in [-0.2, -0.15) is 0 Å². The van der Waals surface area contributed by atoms with Crippen LogP contribution < -0.4 is 5.32 Å². The predicted octanol–water partition coefficient (Wildman–Crippen LogP) is 0.297.